The van der Waals surface area contributed by atoms with Crippen molar-refractivity contribution in [1.82, 2.24) is 0 Å². The minimum absolute atomic E-state index is 0.149. The van der Waals surface area contributed by atoms with E-state index in [-0.39, 0.29) is 14.5 Å². The molecule has 5 heteroatoms. The molecule has 0 unspecified atom stereocenters. The third-order valence-corrected chi connectivity index (χ3v) is 17.1. The van der Waals surface area contributed by atoms with Crippen molar-refractivity contribution in [3.8, 4) is 6.07 Å². The number of rotatable bonds is 4. The standard InChI is InChI=1S/C30H37NOS2Si/c1-27(2,3)35(25-13-7-5-8-14-25,26-15-9-6-10-16-26)32-29(23-31)17-11-12-24-22-30(33-20-21-34-30)19-18-28(24,29)4/h5-10,13-16,22H,11-12,17-21H2,1-4H3/t28-,29+/m0/s1. The largest absolute Gasteiger partial charge is 0.389 e. The van der Waals surface area contributed by atoms with Crippen molar-refractivity contribution in [2.75, 3.05) is 11.5 Å². The fourth-order valence-corrected chi connectivity index (χ4v) is 14.6. The third-order valence-electron chi connectivity index (χ3n) is 8.64. The van der Waals surface area contributed by atoms with Gasteiger partial charge in [0.25, 0.3) is 8.32 Å². The maximum absolute atomic E-state index is 11.0. The van der Waals surface area contributed by atoms with Crippen molar-refractivity contribution >= 4 is 42.2 Å². The van der Waals surface area contributed by atoms with Crippen molar-refractivity contribution in [3.05, 3.63) is 72.3 Å². The zero-order valence-electron chi connectivity index (χ0n) is 21.5. The first-order valence-electron chi connectivity index (χ1n) is 12.9. The van der Waals surface area contributed by atoms with E-state index in [0.29, 0.717) is 0 Å². The lowest BCUT2D eigenvalue weighted by Crippen LogP contribution is -2.72. The highest BCUT2D eigenvalue weighted by molar-refractivity contribution is 8.21. The van der Waals surface area contributed by atoms with E-state index in [0.717, 1.165) is 32.1 Å². The number of nitriles is 1. The second kappa shape index (κ2) is 9.13. The molecule has 2 aromatic rings. The Kier molecular flexibility index (Phi) is 6.58. The fourth-order valence-electron chi connectivity index (χ4n) is 6.67. The molecule has 0 N–H and O–H groups in total. The molecule has 3 aliphatic rings. The SMILES string of the molecule is CC(C)(C)[Si](O[C@@]1(C#N)CCCC2=CC3(CC[C@@]21C)SCCS3)(c1ccccc1)c1ccccc1. The third kappa shape index (κ3) is 3.96. The molecule has 2 aromatic carbocycles. The number of benzene rings is 2. The van der Waals surface area contributed by atoms with E-state index in [1.54, 1.807) is 0 Å². The summed E-state index contributed by atoms with van der Waals surface area (Å²) in [5, 5.41) is 13.4. The highest BCUT2D eigenvalue weighted by Gasteiger charge is 2.63. The van der Waals surface area contributed by atoms with Crippen LogP contribution in [0, 0.1) is 16.7 Å². The van der Waals surface area contributed by atoms with Crippen LogP contribution in [0.4, 0.5) is 0 Å². The molecule has 184 valence electrons. The first-order valence-corrected chi connectivity index (χ1v) is 16.8. The average Bonchev–Trinajstić information content (AvgIpc) is 3.32. The van der Waals surface area contributed by atoms with Gasteiger partial charge in [0.1, 0.15) is 0 Å². The molecule has 0 bridgehead atoms. The van der Waals surface area contributed by atoms with Crippen molar-refractivity contribution in [3.63, 3.8) is 0 Å². The highest BCUT2D eigenvalue weighted by Crippen LogP contribution is 2.62. The summed E-state index contributed by atoms with van der Waals surface area (Å²) in [4.78, 5) is 0. The molecule has 1 heterocycles. The Bertz CT molecular complexity index is 1090. The summed E-state index contributed by atoms with van der Waals surface area (Å²) in [5.74, 6) is 2.46. The van der Waals surface area contributed by atoms with Crippen LogP contribution >= 0.6 is 23.5 Å². The predicted molar refractivity (Wildman–Crippen MR) is 154 cm³/mol. The Hall–Kier alpha value is -1.45. The van der Waals surface area contributed by atoms with Crippen molar-refractivity contribution in [2.24, 2.45) is 5.41 Å². The van der Waals surface area contributed by atoms with Gasteiger partial charge in [0, 0.05) is 16.9 Å². The maximum Gasteiger partial charge on any atom is 0.263 e. The summed E-state index contributed by atoms with van der Waals surface area (Å²) in [5.41, 5.74) is 0.371. The lowest BCUT2D eigenvalue weighted by Gasteiger charge is -2.57. The number of hydrogen-bond acceptors (Lipinski definition) is 4. The summed E-state index contributed by atoms with van der Waals surface area (Å²) >= 11 is 4.22. The summed E-state index contributed by atoms with van der Waals surface area (Å²) < 4.78 is 7.91. The van der Waals surface area contributed by atoms with Crippen LogP contribution in [0.2, 0.25) is 5.04 Å². The topological polar surface area (TPSA) is 33.0 Å². The number of fused-ring (bicyclic) bond motifs is 1. The summed E-state index contributed by atoms with van der Waals surface area (Å²) in [6, 6.07) is 24.5. The molecule has 1 saturated carbocycles. The number of nitrogens with zero attached hydrogens (tertiary/aromatic N) is 1. The van der Waals surface area contributed by atoms with E-state index >= 15 is 0 Å². The number of thioether (sulfide) groups is 2. The molecule has 1 aliphatic heterocycles. The molecular weight excluding hydrogens is 483 g/mol. The van der Waals surface area contributed by atoms with Crippen LogP contribution in [0.3, 0.4) is 0 Å². The Morgan fingerprint density at radius 3 is 1.97 bits per heavy atom. The molecule has 1 saturated heterocycles. The zero-order valence-corrected chi connectivity index (χ0v) is 24.1. The molecule has 35 heavy (non-hydrogen) atoms. The molecule has 5 rings (SSSR count). The molecule has 0 radical (unpaired) electrons. The Labute approximate surface area is 221 Å². The molecule has 2 aliphatic carbocycles. The van der Waals surface area contributed by atoms with Crippen LogP contribution < -0.4 is 10.4 Å². The van der Waals surface area contributed by atoms with Crippen LogP contribution in [-0.4, -0.2) is 29.5 Å². The quantitative estimate of drug-likeness (QED) is 0.324. The first kappa shape index (κ1) is 25.2. The lowest BCUT2D eigenvalue weighted by atomic mass is 9.58. The molecule has 2 fully saturated rings. The molecule has 0 aromatic heterocycles. The minimum atomic E-state index is -2.85. The monoisotopic (exact) mass is 519 g/mol. The van der Waals surface area contributed by atoms with Crippen LogP contribution in [0.15, 0.2) is 72.3 Å². The highest BCUT2D eigenvalue weighted by atomic mass is 32.2. The minimum Gasteiger partial charge on any atom is -0.389 e. The summed E-state index contributed by atoms with van der Waals surface area (Å²) in [6.07, 6.45) is 7.61. The summed E-state index contributed by atoms with van der Waals surface area (Å²) in [6.45, 7) is 9.28. The predicted octanol–water partition coefficient (Wildman–Crippen LogP) is 6.91. The Balaban J connectivity index is 1.70. The van der Waals surface area contributed by atoms with E-state index in [4.69, 9.17) is 4.43 Å². The van der Waals surface area contributed by atoms with Gasteiger partial charge in [-0.3, -0.25) is 0 Å². The van der Waals surface area contributed by atoms with Gasteiger partial charge in [-0.25, -0.2) is 0 Å². The van der Waals surface area contributed by atoms with Gasteiger partial charge in [-0.1, -0.05) is 100 Å². The van der Waals surface area contributed by atoms with Gasteiger partial charge in [-0.2, -0.15) is 5.26 Å². The zero-order chi connectivity index (χ0) is 24.8. The maximum atomic E-state index is 11.0. The van der Waals surface area contributed by atoms with E-state index in [1.807, 2.05) is 0 Å². The van der Waals surface area contributed by atoms with Crippen molar-refractivity contribution in [2.45, 2.75) is 74.5 Å². The van der Waals surface area contributed by atoms with Crippen LogP contribution in [0.5, 0.6) is 0 Å². The van der Waals surface area contributed by atoms with Crippen LogP contribution in [0.25, 0.3) is 0 Å². The molecule has 0 amide bonds. The van der Waals surface area contributed by atoms with E-state index in [1.165, 1.54) is 27.5 Å². The Morgan fingerprint density at radius 2 is 1.46 bits per heavy atom. The molecule has 2 atom stereocenters. The summed E-state index contributed by atoms with van der Waals surface area (Å²) in [7, 11) is -2.85. The van der Waals surface area contributed by atoms with E-state index < -0.39 is 13.9 Å². The van der Waals surface area contributed by atoms with Crippen LogP contribution in [0.1, 0.15) is 59.8 Å². The van der Waals surface area contributed by atoms with Gasteiger partial charge in [0.15, 0.2) is 5.60 Å². The van der Waals surface area contributed by atoms with E-state index in [9.17, 15) is 5.26 Å². The second-order valence-electron chi connectivity index (χ2n) is 11.6. The van der Waals surface area contributed by atoms with Gasteiger partial charge in [0.05, 0.1) is 10.1 Å². The first-order chi connectivity index (χ1) is 16.7. The van der Waals surface area contributed by atoms with Gasteiger partial charge in [0.2, 0.25) is 0 Å². The van der Waals surface area contributed by atoms with Crippen molar-refractivity contribution < 1.29 is 4.43 Å². The lowest BCUT2D eigenvalue weighted by molar-refractivity contribution is -0.0239. The smallest absolute Gasteiger partial charge is 0.263 e. The molecular formula is C30H37NOS2Si. The van der Waals surface area contributed by atoms with Crippen LogP contribution in [-0.2, 0) is 4.43 Å². The van der Waals surface area contributed by atoms with Crippen molar-refractivity contribution in [1.29, 1.82) is 5.26 Å². The molecule has 1 spiro atoms. The van der Waals surface area contributed by atoms with Gasteiger partial charge < -0.3 is 4.43 Å². The normalized spacial score (nSPS) is 28.3. The second-order valence-corrected chi connectivity index (χ2v) is 18.9. The fraction of sp³-hybridized carbons (Fsp3) is 0.500. The number of hydrogen-bond donors (Lipinski definition) is 0. The van der Waals surface area contributed by atoms with Gasteiger partial charge in [-0.15, -0.1) is 23.5 Å². The van der Waals surface area contributed by atoms with E-state index in [2.05, 4.69) is 124 Å². The molecule has 2 nitrogen and oxygen atoms in total. The Morgan fingerprint density at radius 1 is 0.886 bits per heavy atom. The average molecular weight is 520 g/mol. The van der Waals surface area contributed by atoms with Gasteiger partial charge in [-0.05, 0) is 47.5 Å². The van der Waals surface area contributed by atoms with Gasteiger partial charge >= 0.3 is 0 Å².